The number of nitrogens with one attached hydrogen (secondary N) is 1. The third-order valence-electron chi connectivity index (χ3n) is 5.05. The molecule has 2 heterocycles. The van der Waals surface area contributed by atoms with Crippen molar-refractivity contribution in [1.82, 2.24) is 9.73 Å². The van der Waals surface area contributed by atoms with Gasteiger partial charge in [0.05, 0.1) is 23.9 Å². The lowest BCUT2D eigenvalue weighted by Crippen LogP contribution is -2.30. The molecule has 0 fully saturated rings. The number of aryl methyl sites for hydroxylation is 1. The predicted octanol–water partition coefficient (Wildman–Crippen LogP) is 4.99. The van der Waals surface area contributed by atoms with Gasteiger partial charge >= 0.3 is 5.91 Å². The number of carbonyl (C=O) groups excluding carboxylic acids is 1. The molecular formula is C25H22ClN3O5S. The van der Waals surface area contributed by atoms with Crippen molar-refractivity contribution in [2.45, 2.75) is 24.9 Å². The van der Waals surface area contributed by atoms with Crippen molar-refractivity contribution in [2.24, 2.45) is 5.10 Å². The van der Waals surface area contributed by atoms with E-state index in [2.05, 4.69) is 10.5 Å². The molecular weight excluding hydrogens is 490 g/mol. The second-order valence-electron chi connectivity index (χ2n) is 7.69. The molecule has 10 heteroatoms. The minimum Gasteiger partial charge on any atom is -0.459 e. The van der Waals surface area contributed by atoms with Crippen LogP contribution < -0.4 is 5.43 Å². The summed E-state index contributed by atoms with van der Waals surface area (Å²) in [5.74, 6) is 0.380. The van der Waals surface area contributed by atoms with E-state index in [0.717, 1.165) is 11.1 Å². The van der Waals surface area contributed by atoms with E-state index in [1.807, 2.05) is 6.92 Å². The van der Waals surface area contributed by atoms with E-state index < -0.39 is 15.9 Å². The van der Waals surface area contributed by atoms with Gasteiger partial charge < -0.3 is 8.83 Å². The third-order valence-corrected chi connectivity index (χ3v) is 7.11. The summed E-state index contributed by atoms with van der Waals surface area (Å²) in [4.78, 5) is 12.1. The van der Waals surface area contributed by atoms with Crippen LogP contribution in [-0.4, -0.2) is 24.8 Å². The second-order valence-corrected chi connectivity index (χ2v) is 10.1. The molecule has 0 saturated carbocycles. The van der Waals surface area contributed by atoms with Crippen molar-refractivity contribution < 1.29 is 22.0 Å². The standard InChI is InChI=1S/C25H22ClN3O5S/c1-18-4-12-23(13-5-18)35(31,32)29(16-19-6-8-20(26)9-7-19)17-22-11-10-21(34-22)15-27-28-25(30)24-3-2-14-33-24/h2-15H,16-17H2,1H3,(H,28,30)/b27-15-. The molecule has 0 aliphatic carbocycles. The Hall–Kier alpha value is -3.66. The summed E-state index contributed by atoms with van der Waals surface area (Å²) in [6.45, 7) is 2.01. The molecule has 0 radical (unpaired) electrons. The molecule has 0 bridgehead atoms. The molecule has 1 amide bonds. The van der Waals surface area contributed by atoms with Gasteiger partial charge in [-0.2, -0.15) is 9.41 Å². The van der Waals surface area contributed by atoms with Gasteiger partial charge in [-0.3, -0.25) is 4.79 Å². The van der Waals surface area contributed by atoms with E-state index in [9.17, 15) is 13.2 Å². The minimum absolute atomic E-state index is 0.00850. The zero-order chi connectivity index (χ0) is 24.8. The van der Waals surface area contributed by atoms with Gasteiger partial charge in [-0.25, -0.2) is 13.8 Å². The Morgan fingerprint density at radius 2 is 1.77 bits per heavy atom. The normalized spacial score (nSPS) is 11.9. The number of halogens is 1. The van der Waals surface area contributed by atoms with Gasteiger partial charge in [0, 0.05) is 11.6 Å². The van der Waals surface area contributed by atoms with Crippen molar-refractivity contribution >= 4 is 33.7 Å². The average Bonchev–Trinajstić information content (AvgIpc) is 3.53. The lowest BCUT2D eigenvalue weighted by molar-refractivity contribution is 0.0927. The van der Waals surface area contributed by atoms with Gasteiger partial charge in [-0.05, 0) is 61.0 Å². The first-order valence-corrected chi connectivity index (χ1v) is 12.4. The Balaban J connectivity index is 1.52. The Morgan fingerprint density at radius 3 is 2.46 bits per heavy atom. The van der Waals surface area contributed by atoms with Gasteiger partial charge in [0.2, 0.25) is 10.0 Å². The summed E-state index contributed by atoms with van der Waals surface area (Å²) in [6, 6.07) is 20.1. The van der Waals surface area contributed by atoms with E-state index >= 15 is 0 Å². The van der Waals surface area contributed by atoms with Gasteiger partial charge in [0.25, 0.3) is 0 Å². The first-order chi connectivity index (χ1) is 16.8. The summed E-state index contributed by atoms with van der Waals surface area (Å²) < 4.78 is 39.0. The molecule has 0 saturated heterocycles. The minimum atomic E-state index is -3.83. The maximum atomic E-state index is 13.5. The van der Waals surface area contributed by atoms with Crippen molar-refractivity contribution in [3.8, 4) is 0 Å². The molecule has 0 unspecified atom stereocenters. The van der Waals surface area contributed by atoms with Gasteiger partial charge in [-0.1, -0.05) is 41.4 Å². The summed E-state index contributed by atoms with van der Waals surface area (Å²) >= 11 is 5.98. The smallest absolute Gasteiger partial charge is 0.307 e. The fourth-order valence-electron chi connectivity index (χ4n) is 3.22. The van der Waals surface area contributed by atoms with Gasteiger partial charge in [0.15, 0.2) is 5.76 Å². The number of carbonyl (C=O) groups is 1. The van der Waals surface area contributed by atoms with Crippen LogP contribution in [0.4, 0.5) is 0 Å². The molecule has 0 spiro atoms. The van der Waals surface area contributed by atoms with E-state index in [-0.39, 0.29) is 23.7 Å². The van der Waals surface area contributed by atoms with Gasteiger partial charge in [0.1, 0.15) is 11.5 Å². The molecule has 2 aromatic heterocycles. The number of hydrazone groups is 1. The van der Waals surface area contributed by atoms with Crippen molar-refractivity contribution in [3.63, 3.8) is 0 Å². The first kappa shape index (κ1) is 24.5. The van der Waals surface area contributed by atoms with Crippen LogP contribution in [0.2, 0.25) is 5.02 Å². The molecule has 180 valence electrons. The molecule has 35 heavy (non-hydrogen) atoms. The number of rotatable bonds is 9. The van der Waals surface area contributed by atoms with Crippen LogP contribution in [0.5, 0.6) is 0 Å². The quantitative estimate of drug-likeness (QED) is 0.252. The molecule has 0 aliphatic heterocycles. The molecule has 2 aromatic carbocycles. The first-order valence-electron chi connectivity index (χ1n) is 10.6. The highest BCUT2D eigenvalue weighted by Crippen LogP contribution is 2.23. The predicted molar refractivity (Wildman–Crippen MR) is 132 cm³/mol. The molecule has 4 aromatic rings. The Kier molecular flexibility index (Phi) is 7.50. The highest BCUT2D eigenvalue weighted by atomic mass is 35.5. The third kappa shape index (κ3) is 6.27. The Morgan fingerprint density at radius 1 is 1.03 bits per heavy atom. The topological polar surface area (TPSA) is 105 Å². The Labute approximate surface area is 207 Å². The summed E-state index contributed by atoms with van der Waals surface area (Å²) in [5.41, 5.74) is 4.07. The molecule has 8 nitrogen and oxygen atoms in total. The molecule has 4 rings (SSSR count). The van der Waals surface area contributed by atoms with Crippen molar-refractivity contribution in [1.29, 1.82) is 0 Å². The van der Waals surface area contributed by atoms with E-state index in [0.29, 0.717) is 16.5 Å². The van der Waals surface area contributed by atoms with Crippen LogP contribution in [0.25, 0.3) is 0 Å². The fourth-order valence-corrected chi connectivity index (χ4v) is 4.74. The SMILES string of the molecule is Cc1ccc(S(=O)(=O)N(Cc2ccc(Cl)cc2)Cc2ccc(/C=N\NC(=O)c3ccco3)o2)cc1. The van der Waals surface area contributed by atoms with Crippen LogP contribution in [-0.2, 0) is 23.1 Å². The zero-order valence-electron chi connectivity index (χ0n) is 18.7. The van der Waals surface area contributed by atoms with Crippen LogP contribution in [0.1, 0.15) is 33.2 Å². The van der Waals surface area contributed by atoms with E-state index in [1.165, 1.54) is 22.8 Å². The van der Waals surface area contributed by atoms with E-state index in [1.54, 1.807) is 66.7 Å². The maximum absolute atomic E-state index is 13.5. The molecule has 0 atom stereocenters. The van der Waals surface area contributed by atoms with Crippen molar-refractivity contribution in [3.05, 3.63) is 112 Å². The number of benzene rings is 2. The summed E-state index contributed by atoms with van der Waals surface area (Å²) in [7, 11) is -3.83. The largest absolute Gasteiger partial charge is 0.459 e. The van der Waals surface area contributed by atoms with E-state index in [4.69, 9.17) is 20.4 Å². The number of hydrogen-bond acceptors (Lipinski definition) is 6. The molecule has 1 N–H and O–H groups in total. The summed E-state index contributed by atoms with van der Waals surface area (Å²) in [5, 5.41) is 4.41. The van der Waals surface area contributed by atoms with Gasteiger partial charge in [-0.15, -0.1) is 0 Å². The second kappa shape index (κ2) is 10.7. The van der Waals surface area contributed by atoms with Crippen LogP contribution >= 0.6 is 11.6 Å². The highest BCUT2D eigenvalue weighted by Gasteiger charge is 2.26. The number of furan rings is 2. The lowest BCUT2D eigenvalue weighted by atomic mass is 10.2. The summed E-state index contributed by atoms with van der Waals surface area (Å²) in [6.07, 6.45) is 2.71. The zero-order valence-corrected chi connectivity index (χ0v) is 20.3. The number of hydrogen-bond donors (Lipinski definition) is 1. The molecule has 0 aliphatic rings. The van der Waals surface area contributed by atoms with Crippen molar-refractivity contribution in [2.75, 3.05) is 0 Å². The number of amides is 1. The maximum Gasteiger partial charge on any atom is 0.307 e. The van der Waals surface area contributed by atoms with Crippen LogP contribution in [0.15, 0.2) is 97.9 Å². The number of nitrogens with zero attached hydrogens (tertiary/aromatic N) is 2. The van der Waals surface area contributed by atoms with Crippen LogP contribution in [0, 0.1) is 6.92 Å². The highest BCUT2D eigenvalue weighted by molar-refractivity contribution is 7.89. The fraction of sp³-hybridized carbons (Fsp3) is 0.120. The average molecular weight is 512 g/mol. The number of sulfonamides is 1. The lowest BCUT2D eigenvalue weighted by Gasteiger charge is -2.21. The monoisotopic (exact) mass is 511 g/mol. The Bertz CT molecular complexity index is 1410. The van der Waals surface area contributed by atoms with Crippen LogP contribution in [0.3, 0.4) is 0 Å².